The van der Waals surface area contributed by atoms with Crippen LogP contribution in [0, 0.1) is 13.8 Å². The van der Waals surface area contributed by atoms with Gasteiger partial charge >= 0.3 is 0 Å². The summed E-state index contributed by atoms with van der Waals surface area (Å²) in [6, 6.07) is 22.3. The molecule has 36 heavy (non-hydrogen) atoms. The van der Waals surface area contributed by atoms with Gasteiger partial charge in [-0.1, -0.05) is 42.5 Å². The van der Waals surface area contributed by atoms with Crippen LogP contribution in [0.2, 0.25) is 0 Å². The van der Waals surface area contributed by atoms with Crippen LogP contribution < -0.4 is 20.3 Å². The van der Waals surface area contributed by atoms with Crippen LogP contribution in [-0.4, -0.2) is 28.3 Å². The zero-order valence-electron chi connectivity index (χ0n) is 20.5. The number of ether oxygens (including phenoxy) is 2. The Hall–Kier alpha value is -3.84. The van der Waals surface area contributed by atoms with Crippen molar-refractivity contribution < 1.29 is 9.47 Å². The number of aromatic nitrogens is 1. The van der Waals surface area contributed by atoms with Crippen molar-refractivity contribution in [2.45, 2.75) is 33.4 Å². The lowest BCUT2D eigenvalue weighted by Gasteiger charge is -2.26. The van der Waals surface area contributed by atoms with Crippen LogP contribution in [0.15, 0.2) is 71.5 Å². The SMILES string of the molecule is Cc1cc(C)c2cc(CN(Cc3ccc4c(c3)OCO4)C(=S)NCCc3ccccc3)c(=O)[nH]c2c1. The Morgan fingerprint density at radius 1 is 0.972 bits per heavy atom. The minimum absolute atomic E-state index is 0.102. The zero-order valence-corrected chi connectivity index (χ0v) is 21.3. The van der Waals surface area contributed by atoms with Gasteiger partial charge in [0.2, 0.25) is 6.79 Å². The molecule has 1 aliphatic heterocycles. The highest BCUT2D eigenvalue weighted by Crippen LogP contribution is 2.33. The largest absolute Gasteiger partial charge is 0.454 e. The van der Waals surface area contributed by atoms with Gasteiger partial charge in [0.1, 0.15) is 0 Å². The molecule has 3 aromatic carbocycles. The average molecular weight is 500 g/mol. The number of H-pyrrole nitrogens is 1. The number of hydrogen-bond donors (Lipinski definition) is 2. The highest BCUT2D eigenvalue weighted by Gasteiger charge is 2.18. The summed E-state index contributed by atoms with van der Waals surface area (Å²) in [6.07, 6.45) is 0.855. The average Bonchev–Trinajstić information content (AvgIpc) is 3.33. The number of pyridine rings is 1. The molecule has 2 heterocycles. The molecule has 2 N–H and O–H groups in total. The van der Waals surface area contributed by atoms with E-state index in [1.165, 1.54) is 5.56 Å². The molecule has 0 saturated heterocycles. The van der Waals surface area contributed by atoms with E-state index in [1.807, 2.05) is 60.4 Å². The van der Waals surface area contributed by atoms with E-state index < -0.39 is 0 Å². The Balaban J connectivity index is 1.39. The Labute approximate surface area is 215 Å². The maximum atomic E-state index is 13.0. The van der Waals surface area contributed by atoms with Crippen molar-refractivity contribution in [1.82, 2.24) is 15.2 Å². The predicted octanol–water partition coefficient (Wildman–Crippen LogP) is 4.99. The fraction of sp³-hybridized carbons (Fsp3) is 0.241. The summed E-state index contributed by atoms with van der Waals surface area (Å²) < 4.78 is 11.0. The summed E-state index contributed by atoms with van der Waals surface area (Å²) >= 11 is 5.82. The topological polar surface area (TPSA) is 66.6 Å². The molecule has 5 rings (SSSR count). The molecular weight excluding hydrogens is 470 g/mol. The lowest BCUT2D eigenvalue weighted by Crippen LogP contribution is -2.40. The molecule has 0 atom stereocenters. The van der Waals surface area contributed by atoms with Crippen LogP contribution in [0.4, 0.5) is 0 Å². The minimum atomic E-state index is -0.102. The van der Waals surface area contributed by atoms with Gasteiger partial charge in [0.05, 0.1) is 6.54 Å². The molecule has 1 aliphatic rings. The molecule has 1 aromatic heterocycles. The monoisotopic (exact) mass is 499 g/mol. The van der Waals surface area contributed by atoms with Gasteiger partial charge < -0.3 is 24.7 Å². The number of nitrogens with zero attached hydrogens (tertiary/aromatic N) is 1. The van der Waals surface area contributed by atoms with Crippen LogP contribution in [0.1, 0.15) is 27.8 Å². The molecule has 0 saturated carbocycles. The first-order chi connectivity index (χ1) is 17.5. The molecule has 0 amide bonds. The van der Waals surface area contributed by atoms with Gasteiger partial charge in [-0.25, -0.2) is 0 Å². The lowest BCUT2D eigenvalue weighted by atomic mass is 10.0. The Kier molecular flexibility index (Phi) is 6.91. The lowest BCUT2D eigenvalue weighted by molar-refractivity contribution is 0.174. The fourth-order valence-corrected chi connectivity index (χ4v) is 4.80. The number of benzene rings is 3. The number of aromatic amines is 1. The van der Waals surface area contributed by atoms with Crippen molar-refractivity contribution in [2.75, 3.05) is 13.3 Å². The van der Waals surface area contributed by atoms with Gasteiger partial charge in [0, 0.05) is 29.6 Å². The number of fused-ring (bicyclic) bond motifs is 2. The third-order valence-electron chi connectivity index (χ3n) is 6.38. The van der Waals surface area contributed by atoms with Crippen molar-refractivity contribution in [3.05, 3.63) is 105 Å². The molecule has 0 aliphatic carbocycles. The number of thiocarbonyl (C=S) groups is 1. The van der Waals surface area contributed by atoms with E-state index >= 15 is 0 Å². The van der Waals surface area contributed by atoms with Gasteiger partial charge in [0.25, 0.3) is 5.56 Å². The summed E-state index contributed by atoms with van der Waals surface area (Å²) in [5, 5.41) is 5.03. The fourth-order valence-electron chi connectivity index (χ4n) is 4.57. The molecule has 0 bridgehead atoms. The van der Waals surface area contributed by atoms with Crippen LogP contribution in [0.3, 0.4) is 0 Å². The second-order valence-electron chi connectivity index (χ2n) is 9.18. The molecule has 0 spiro atoms. The summed E-state index contributed by atoms with van der Waals surface area (Å²) in [7, 11) is 0. The molecule has 0 fully saturated rings. The first kappa shape index (κ1) is 23.9. The number of aryl methyl sites for hydroxylation is 2. The van der Waals surface area contributed by atoms with Crippen molar-refractivity contribution in [1.29, 1.82) is 0 Å². The summed E-state index contributed by atoms with van der Waals surface area (Å²) in [6.45, 7) is 5.94. The van der Waals surface area contributed by atoms with E-state index in [0.29, 0.717) is 30.3 Å². The Bertz CT molecular complexity index is 1470. The highest BCUT2D eigenvalue weighted by atomic mass is 32.1. The van der Waals surface area contributed by atoms with Gasteiger partial charge in [-0.05, 0) is 79.0 Å². The first-order valence-corrected chi connectivity index (χ1v) is 12.5. The van der Waals surface area contributed by atoms with E-state index in [-0.39, 0.29) is 12.4 Å². The molecule has 0 radical (unpaired) electrons. The van der Waals surface area contributed by atoms with Crippen molar-refractivity contribution in [2.24, 2.45) is 0 Å². The second kappa shape index (κ2) is 10.4. The van der Waals surface area contributed by atoms with Crippen LogP contribution in [0.5, 0.6) is 11.5 Å². The van der Waals surface area contributed by atoms with E-state index in [2.05, 4.69) is 35.4 Å². The number of nitrogens with one attached hydrogen (secondary N) is 2. The number of hydrogen-bond acceptors (Lipinski definition) is 4. The van der Waals surface area contributed by atoms with E-state index in [9.17, 15) is 4.79 Å². The third-order valence-corrected chi connectivity index (χ3v) is 6.78. The third kappa shape index (κ3) is 5.36. The molecule has 184 valence electrons. The summed E-state index contributed by atoms with van der Waals surface area (Å²) in [4.78, 5) is 18.1. The molecular formula is C29H29N3O3S. The number of rotatable bonds is 7. The smallest absolute Gasteiger partial charge is 0.253 e. The summed E-state index contributed by atoms with van der Waals surface area (Å²) in [5.41, 5.74) is 5.94. The molecule has 4 aromatic rings. The van der Waals surface area contributed by atoms with Crippen molar-refractivity contribution in [3.8, 4) is 11.5 Å². The van der Waals surface area contributed by atoms with Crippen LogP contribution in [0.25, 0.3) is 10.9 Å². The minimum Gasteiger partial charge on any atom is -0.454 e. The van der Waals surface area contributed by atoms with E-state index in [1.54, 1.807) is 0 Å². The Morgan fingerprint density at radius 3 is 2.61 bits per heavy atom. The van der Waals surface area contributed by atoms with E-state index in [0.717, 1.165) is 45.5 Å². The van der Waals surface area contributed by atoms with Crippen LogP contribution in [-0.2, 0) is 19.5 Å². The van der Waals surface area contributed by atoms with Gasteiger partial charge in [-0.3, -0.25) is 4.79 Å². The van der Waals surface area contributed by atoms with Gasteiger partial charge in [-0.15, -0.1) is 0 Å². The van der Waals surface area contributed by atoms with E-state index in [4.69, 9.17) is 21.7 Å². The highest BCUT2D eigenvalue weighted by molar-refractivity contribution is 7.80. The second-order valence-corrected chi connectivity index (χ2v) is 9.56. The Morgan fingerprint density at radius 2 is 1.78 bits per heavy atom. The van der Waals surface area contributed by atoms with Crippen molar-refractivity contribution >= 4 is 28.2 Å². The summed E-state index contributed by atoms with van der Waals surface area (Å²) in [5.74, 6) is 1.47. The molecule has 7 heteroatoms. The zero-order chi connectivity index (χ0) is 25.1. The predicted molar refractivity (Wildman–Crippen MR) is 147 cm³/mol. The normalized spacial score (nSPS) is 12.1. The first-order valence-electron chi connectivity index (χ1n) is 12.0. The van der Waals surface area contributed by atoms with Crippen molar-refractivity contribution in [3.63, 3.8) is 0 Å². The maximum absolute atomic E-state index is 13.0. The van der Waals surface area contributed by atoms with Gasteiger partial charge in [-0.2, -0.15) is 0 Å². The molecule has 6 nitrogen and oxygen atoms in total. The maximum Gasteiger partial charge on any atom is 0.253 e. The van der Waals surface area contributed by atoms with Crippen LogP contribution >= 0.6 is 12.2 Å². The molecule has 0 unspecified atom stereocenters. The standard InChI is InChI=1S/C29H29N3O3S/c1-19-12-20(2)24-15-23(28(33)31-25(24)13-19)17-32(16-22-8-9-26-27(14-22)35-18-34-26)29(36)30-11-10-21-6-4-3-5-7-21/h3-9,12-15H,10-11,16-18H2,1-2H3,(H,30,36)(H,31,33). The quantitative estimate of drug-likeness (QED) is 0.349. The van der Waals surface area contributed by atoms with Gasteiger partial charge in [0.15, 0.2) is 16.6 Å².